The van der Waals surface area contributed by atoms with Crippen LogP contribution in [-0.4, -0.2) is 6.61 Å². The average molecular weight is 91.2 g/mol. The number of rotatable bonds is 2. The van der Waals surface area contributed by atoms with E-state index in [0.717, 1.165) is 6.42 Å². The van der Waals surface area contributed by atoms with E-state index >= 15 is 0 Å². The zero-order chi connectivity index (χ0) is 4.12. The average Bonchev–Trinajstić information content (AvgIpc) is 1.41. The van der Waals surface area contributed by atoms with Crippen LogP contribution >= 0.6 is 12.9 Å². The van der Waals surface area contributed by atoms with Crippen molar-refractivity contribution in [3.63, 3.8) is 0 Å². The van der Waals surface area contributed by atoms with Crippen LogP contribution < -0.4 is 0 Å². The van der Waals surface area contributed by atoms with E-state index in [-0.39, 0.29) is 0 Å². The molecule has 0 aromatic heterocycles. The molecule has 0 aromatic rings. The van der Waals surface area contributed by atoms with E-state index in [1.54, 1.807) is 0 Å². The summed E-state index contributed by atoms with van der Waals surface area (Å²) < 4.78 is 4.27. The first-order chi connectivity index (χ1) is 2.41. The van der Waals surface area contributed by atoms with Gasteiger partial charge in [-0.15, -0.1) is 0 Å². The highest BCUT2D eigenvalue weighted by molar-refractivity contribution is 7.75. The zero-order valence-electron chi connectivity index (χ0n) is 3.23. The second-order valence-electron chi connectivity index (χ2n) is 0.822. The molecule has 0 aliphatic rings. The second-order valence-corrected chi connectivity index (χ2v) is 1.06. The summed E-state index contributed by atoms with van der Waals surface area (Å²) >= 11 is 4.15. The fraction of sp³-hybridized carbons (Fsp3) is 1.00. The highest BCUT2D eigenvalue weighted by atomic mass is 32.1. The van der Waals surface area contributed by atoms with Gasteiger partial charge in [0, 0.05) is 0 Å². The Balaban J connectivity index is 2.19. The van der Waals surface area contributed by atoms with Crippen molar-refractivity contribution in [1.82, 2.24) is 0 Å². The van der Waals surface area contributed by atoms with Gasteiger partial charge in [-0.3, -0.25) is 0 Å². The molecule has 0 N–H and O–H groups in total. The normalized spacial score (nSPS) is 8.40. The van der Waals surface area contributed by atoms with Crippen molar-refractivity contribution in [3.8, 4) is 0 Å². The van der Waals surface area contributed by atoms with Gasteiger partial charge in [-0.1, -0.05) is 6.92 Å². The Bertz CT molecular complexity index is 14.4. The molecule has 31 valence electrons. The lowest BCUT2D eigenvalue weighted by molar-refractivity contribution is 0.381. The molecule has 0 unspecified atom stereocenters. The molecule has 0 aliphatic carbocycles. The van der Waals surface area contributed by atoms with Crippen molar-refractivity contribution in [2.45, 2.75) is 13.3 Å². The summed E-state index contributed by atoms with van der Waals surface area (Å²) in [6.45, 7) is 2.72. The van der Waals surface area contributed by atoms with E-state index in [1.165, 1.54) is 0 Å². The minimum Gasteiger partial charge on any atom is -0.303 e. The van der Waals surface area contributed by atoms with Crippen LogP contribution in [0.15, 0.2) is 0 Å². The summed E-state index contributed by atoms with van der Waals surface area (Å²) in [5, 5.41) is 0. The van der Waals surface area contributed by atoms with E-state index < -0.39 is 0 Å². The van der Waals surface area contributed by atoms with E-state index in [4.69, 9.17) is 0 Å². The quantitative estimate of drug-likeness (QED) is 0.500. The standard InChI is InChI=1S/C3H7OS/c1-2-3-4-5/h2-3H2,1H3. The molecule has 1 radical (unpaired) electrons. The summed E-state index contributed by atoms with van der Waals surface area (Å²) in [6.07, 6.45) is 1.02. The summed E-state index contributed by atoms with van der Waals surface area (Å²) in [7, 11) is 0. The second kappa shape index (κ2) is 4.31. The minimum absolute atomic E-state index is 0.704. The Morgan fingerprint density at radius 1 is 1.80 bits per heavy atom. The predicted octanol–water partition coefficient (Wildman–Crippen LogP) is 1.53. The van der Waals surface area contributed by atoms with Crippen LogP contribution in [0.5, 0.6) is 0 Å². The van der Waals surface area contributed by atoms with Crippen LogP contribution in [0.3, 0.4) is 0 Å². The summed E-state index contributed by atoms with van der Waals surface area (Å²) in [6, 6.07) is 0. The van der Waals surface area contributed by atoms with Gasteiger partial charge in [-0.05, 0) is 6.42 Å². The molecule has 0 spiro atoms. The first-order valence-corrected chi connectivity index (χ1v) is 2.00. The summed E-state index contributed by atoms with van der Waals surface area (Å²) in [5.74, 6) is 0. The van der Waals surface area contributed by atoms with Crippen molar-refractivity contribution in [3.05, 3.63) is 0 Å². The van der Waals surface area contributed by atoms with Gasteiger partial charge in [0.05, 0.1) is 19.5 Å². The van der Waals surface area contributed by atoms with Crippen LogP contribution in [-0.2, 0) is 4.18 Å². The fourth-order valence-corrected chi connectivity index (χ4v) is 0.250. The molecule has 0 amide bonds. The number of hydrogen-bond donors (Lipinski definition) is 0. The van der Waals surface area contributed by atoms with Crippen LogP contribution in [0.4, 0.5) is 0 Å². The monoisotopic (exact) mass is 91.0 g/mol. The zero-order valence-corrected chi connectivity index (χ0v) is 4.05. The van der Waals surface area contributed by atoms with Gasteiger partial charge in [0.1, 0.15) is 0 Å². The molecule has 5 heavy (non-hydrogen) atoms. The van der Waals surface area contributed by atoms with Gasteiger partial charge < -0.3 is 4.18 Å². The molecule has 0 atom stereocenters. The molecule has 0 rings (SSSR count). The van der Waals surface area contributed by atoms with E-state index in [0.29, 0.717) is 6.61 Å². The van der Waals surface area contributed by atoms with Crippen molar-refractivity contribution < 1.29 is 4.18 Å². The van der Waals surface area contributed by atoms with Crippen LogP contribution in [0.1, 0.15) is 13.3 Å². The Morgan fingerprint density at radius 3 is 2.40 bits per heavy atom. The Labute approximate surface area is 37.9 Å². The van der Waals surface area contributed by atoms with Gasteiger partial charge in [0.15, 0.2) is 0 Å². The minimum atomic E-state index is 0.704. The van der Waals surface area contributed by atoms with Crippen LogP contribution in [0.2, 0.25) is 0 Å². The summed E-state index contributed by atoms with van der Waals surface area (Å²) in [4.78, 5) is 0. The largest absolute Gasteiger partial charge is 0.303 e. The van der Waals surface area contributed by atoms with Crippen molar-refractivity contribution >= 4 is 12.9 Å². The van der Waals surface area contributed by atoms with Crippen molar-refractivity contribution in [2.75, 3.05) is 6.61 Å². The molecule has 0 heterocycles. The maximum atomic E-state index is 4.27. The van der Waals surface area contributed by atoms with Gasteiger partial charge >= 0.3 is 0 Å². The van der Waals surface area contributed by atoms with Gasteiger partial charge in [-0.25, -0.2) is 0 Å². The predicted molar refractivity (Wildman–Crippen MR) is 23.8 cm³/mol. The Kier molecular flexibility index (Phi) is 4.58. The van der Waals surface area contributed by atoms with Crippen LogP contribution in [0, 0.1) is 0 Å². The lowest BCUT2D eigenvalue weighted by Gasteiger charge is -1.80. The molecule has 0 fully saturated rings. The maximum absolute atomic E-state index is 4.27. The maximum Gasteiger partial charge on any atom is 0.0925 e. The van der Waals surface area contributed by atoms with E-state index in [1.807, 2.05) is 6.92 Å². The Morgan fingerprint density at radius 2 is 2.40 bits per heavy atom. The highest BCUT2D eigenvalue weighted by Crippen LogP contribution is 1.79. The van der Waals surface area contributed by atoms with Crippen molar-refractivity contribution in [1.29, 1.82) is 0 Å². The molecule has 0 aliphatic heterocycles. The van der Waals surface area contributed by atoms with E-state index in [2.05, 4.69) is 17.1 Å². The Hall–Kier alpha value is 0.310. The van der Waals surface area contributed by atoms with Gasteiger partial charge in [-0.2, -0.15) is 0 Å². The van der Waals surface area contributed by atoms with Gasteiger partial charge in [0.25, 0.3) is 0 Å². The topological polar surface area (TPSA) is 9.23 Å². The molecule has 0 aromatic carbocycles. The molecule has 0 bridgehead atoms. The lowest BCUT2D eigenvalue weighted by Crippen LogP contribution is -1.74. The third kappa shape index (κ3) is 4.31. The number of hydrogen-bond acceptors (Lipinski definition) is 1. The first-order valence-electron chi connectivity index (χ1n) is 1.66. The summed E-state index contributed by atoms with van der Waals surface area (Å²) in [5.41, 5.74) is 0. The SMILES string of the molecule is CCCO[S]. The first kappa shape index (κ1) is 5.31. The third-order valence-corrected chi connectivity index (χ3v) is 0.454. The van der Waals surface area contributed by atoms with E-state index in [9.17, 15) is 0 Å². The molecule has 2 heteroatoms. The smallest absolute Gasteiger partial charge is 0.0925 e. The van der Waals surface area contributed by atoms with Crippen LogP contribution in [0.25, 0.3) is 0 Å². The van der Waals surface area contributed by atoms with Crippen molar-refractivity contribution in [2.24, 2.45) is 0 Å². The fourth-order valence-electron chi connectivity index (χ4n) is 0.0833. The molecule has 1 nitrogen and oxygen atoms in total. The third-order valence-electron chi connectivity index (χ3n) is 0.287. The molecular weight excluding hydrogens is 84.1 g/mol. The molecular formula is C3H7OS. The molecule has 0 saturated heterocycles. The van der Waals surface area contributed by atoms with Gasteiger partial charge in [0.2, 0.25) is 0 Å². The lowest BCUT2D eigenvalue weighted by atomic mass is 10.5. The molecule has 0 saturated carbocycles. The highest BCUT2D eigenvalue weighted by Gasteiger charge is 1.68.